The van der Waals surface area contributed by atoms with Crippen LogP contribution in [0.1, 0.15) is 25.7 Å². The first kappa shape index (κ1) is 19.4. The van der Waals surface area contributed by atoms with Gasteiger partial charge in [0.15, 0.2) is 0 Å². The molecule has 0 atom stereocenters. The molecule has 1 aromatic heterocycles. The van der Waals surface area contributed by atoms with Crippen molar-refractivity contribution in [1.82, 2.24) is 14.5 Å². The number of hydrogen-bond donors (Lipinski definition) is 1. The third-order valence-electron chi connectivity index (χ3n) is 5.25. The van der Waals surface area contributed by atoms with Crippen molar-refractivity contribution in [3.8, 4) is 0 Å². The molecule has 2 heterocycles. The van der Waals surface area contributed by atoms with E-state index in [0.29, 0.717) is 38.4 Å². The zero-order valence-corrected chi connectivity index (χ0v) is 17.0. The van der Waals surface area contributed by atoms with Gasteiger partial charge < -0.3 is 4.90 Å². The molecule has 1 saturated heterocycles. The third kappa shape index (κ3) is 4.39. The molecule has 0 bridgehead atoms. The van der Waals surface area contributed by atoms with Crippen LogP contribution in [0.2, 0.25) is 5.02 Å². The highest BCUT2D eigenvalue weighted by molar-refractivity contribution is 7.89. The van der Waals surface area contributed by atoms with Gasteiger partial charge >= 0.3 is 0 Å². The van der Waals surface area contributed by atoms with Crippen molar-refractivity contribution in [3.05, 3.63) is 51.8 Å². The Kier molecular flexibility index (Phi) is 5.44. The summed E-state index contributed by atoms with van der Waals surface area (Å²) < 4.78 is 29.5. The Hall–Kier alpha value is -1.90. The van der Waals surface area contributed by atoms with E-state index in [1.165, 1.54) is 6.07 Å². The second-order valence-corrected chi connectivity index (χ2v) is 9.56. The molecule has 0 spiro atoms. The minimum absolute atomic E-state index is 0.0713. The highest BCUT2D eigenvalue weighted by Gasteiger charge is 2.27. The standard InChI is InChI=1S/C19H23ClN4O3S/c20-16-3-1-2-4-17(16)28(26,27)22-15-9-11-23(12-10-15)18-7-8-19(25)24(21-18)13-14-5-6-14/h1-4,7-8,14-15,22H,5-6,9-13H2. The maximum absolute atomic E-state index is 12.6. The van der Waals surface area contributed by atoms with E-state index in [1.807, 2.05) is 0 Å². The molecule has 2 aromatic rings. The van der Waals surface area contributed by atoms with E-state index in [4.69, 9.17) is 11.6 Å². The van der Waals surface area contributed by atoms with Crippen molar-refractivity contribution in [1.29, 1.82) is 0 Å². The lowest BCUT2D eigenvalue weighted by molar-refractivity contribution is 0.452. The van der Waals surface area contributed by atoms with Gasteiger partial charge in [0.25, 0.3) is 5.56 Å². The minimum atomic E-state index is -3.65. The van der Waals surface area contributed by atoms with Gasteiger partial charge in [-0.2, -0.15) is 5.10 Å². The Bertz CT molecular complexity index is 1010. The Morgan fingerprint density at radius 2 is 1.79 bits per heavy atom. The summed E-state index contributed by atoms with van der Waals surface area (Å²) in [5.74, 6) is 1.35. The summed E-state index contributed by atoms with van der Waals surface area (Å²) in [6.07, 6.45) is 3.64. The van der Waals surface area contributed by atoms with Crippen LogP contribution >= 0.6 is 11.6 Å². The molecule has 1 aliphatic heterocycles. The van der Waals surface area contributed by atoms with E-state index in [9.17, 15) is 13.2 Å². The maximum Gasteiger partial charge on any atom is 0.266 e. The molecular formula is C19H23ClN4O3S. The van der Waals surface area contributed by atoms with E-state index in [0.717, 1.165) is 18.7 Å². The topological polar surface area (TPSA) is 84.3 Å². The van der Waals surface area contributed by atoms with Crippen LogP contribution in [0, 0.1) is 5.92 Å². The number of halogens is 1. The molecule has 9 heteroatoms. The molecule has 0 radical (unpaired) electrons. The van der Waals surface area contributed by atoms with E-state index in [1.54, 1.807) is 35.0 Å². The second kappa shape index (κ2) is 7.85. The van der Waals surface area contributed by atoms with Gasteiger partial charge in [-0.3, -0.25) is 4.79 Å². The Balaban J connectivity index is 1.39. The van der Waals surface area contributed by atoms with Crippen molar-refractivity contribution in [2.75, 3.05) is 18.0 Å². The van der Waals surface area contributed by atoms with E-state index >= 15 is 0 Å². The smallest absolute Gasteiger partial charge is 0.266 e. The predicted octanol–water partition coefficient (Wildman–Crippen LogP) is 2.25. The normalized spacial score (nSPS) is 18.4. The summed E-state index contributed by atoms with van der Waals surface area (Å²) >= 11 is 6.03. The zero-order valence-electron chi connectivity index (χ0n) is 15.4. The van der Waals surface area contributed by atoms with Gasteiger partial charge in [0.1, 0.15) is 10.7 Å². The molecule has 4 rings (SSSR count). The highest BCUT2D eigenvalue weighted by atomic mass is 35.5. The Morgan fingerprint density at radius 3 is 2.46 bits per heavy atom. The molecule has 1 N–H and O–H groups in total. The molecule has 1 aromatic carbocycles. The van der Waals surface area contributed by atoms with Crippen molar-refractivity contribution in [2.24, 2.45) is 5.92 Å². The van der Waals surface area contributed by atoms with Crippen LogP contribution in [0.15, 0.2) is 46.1 Å². The van der Waals surface area contributed by atoms with Gasteiger partial charge in [0.05, 0.1) is 5.02 Å². The van der Waals surface area contributed by atoms with Crippen LogP contribution in [0.3, 0.4) is 0 Å². The minimum Gasteiger partial charge on any atom is -0.355 e. The molecule has 7 nitrogen and oxygen atoms in total. The van der Waals surface area contributed by atoms with Crippen LogP contribution in [-0.4, -0.2) is 37.3 Å². The molecule has 2 aliphatic rings. The molecule has 0 amide bonds. The van der Waals surface area contributed by atoms with Crippen LogP contribution in [-0.2, 0) is 16.6 Å². The van der Waals surface area contributed by atoms with Gasteiger partial charge in [-0.1, -0.05) is 23.7 Å². The molecule has 150 valence electrons. The van der Waals surface area contributed by atoms with Crippen LogP contribution < -0.4 is 15.2 Å². The summed E-state index contributed by atoms with van der Waals surface area (Å²) in [4.78, 5) is 14.2. The van der Waals surface area contributed by atoms with Gasteiger partial charge in [0, 0.05) is 31.7 Å². The van der Waals surface area contributed by atoms with E-state index in [-0.39, 0.29) is 21.5 Å². The molecule has 0 unspecified atom stereocenters. The van der Waals surface area contributed by atoms with E-state index in [2.05, 4.69) is 14.7 Å². The fraction of sp³-hybridized carbons (Fsp3) is 0.474. The second-order valence-electron chi connectivity index (χ2n) is 7.47. The first-order valence-corrected chi connectivity index (χ1v) is 11.4. The number of piperidine rings is 1. The average Bonchev–Trinajstić information content (AvgIpc) is 3.48. The number of benzene rings is 1. The fourth-order valence-corrected chi connectivity index (χ4v) is 5.28. The Labute approximate surface area is 169 Å². The molecule has 28 heavy (non-hydrogen) atoms. The molecular weight excluding hydrogens is 400 g/mol. The number of aromatic nitrogens is 2. The number of nitrogens with one attached hydrogen (secondary N) is 1. The lowest BCUT2D eigenvalue weighted by atomic mass is 10.1. The summed E-state index contributed by atoms with van der Waals surface area (Å²) in [6.45, 7) is 2.02. The summed E-state index contributed by atoms with van der Waals surface area (Å²) in [5.41, 5.74) is -0.0713. The lowest BCUT2D eigenvalue weighted by Gasteiger charge is -2.33. The van der Waals surface area contributed by atoms with Crippen molar-refractivity contribution >= 4 is 27.4 Å². The number of hydrogen-bond acceptors (Lipinski definition) is 5. The van der Waals surface area contributed by atoms with E-state index < -0.39 is 10.0 Å². The number of sulfonamides is 1. The highest BCUT2D eigenvalue weighted by Crippen LogP contribution is 2.30. The van der Waals surface area contributed by atoms with Gasteiger partial charge in [-0.05, 0) is 49.8 Å². The van der Waals surface area contributed by atoms with Gasteiger partial charge in [-0.15, -0.1) is 0 Å². The van der Waals surface area contributed by atoms with Gasteiger partial charge in [-0.25, -0.2) is 17.8 Å². The maximum atomic E-state index is 12.6. The molecule has 2 fully saturated rings. The average molecular weight is 423 g/mol. The van der Waals surface area contributed by atoms with Gasteiger partial charge in [0.2, 0.25) is 10.0 Å². The first-order valence-electron chi connectivity index (χ1n) is 9.52. The SMILES string of the molecule is O=c1ccc(N2CCC(NS(=O)(=O)c3ccccc3Cl)CC2)nn1CC1CC1. The molecule has 1 aliphatic carbocycles. The summed E-state index contributed by atoms with van der Waals surface area (Å²) in [6, 6.07) is 9.60. The van der Waals surface area contributed by atoms with Crippen LogP contribution in [0.25, 0.3) is 0 Å². The number of rotatable bonds is 6. The first-order chi connectivity index (χ1) is 13.4. The van der Waals surface area contributed by atoms with Crippen molar-refractivity contribution < 1.29 is 8.42 Å². The zero-order chi connectivity index (χ0) is 19.7. The van der Waals surface area contributed by atoms with Crippen LogP contribution in [0.4, 0.5) is 5.82 Å². The number of anilines is 1. The third-order valence-corrected chi connectivity index (χ3v) is 7.27. The quantitative estimate of drug-likeness (QED) is 0.771. The Morgan fingerprint density at radius 1 is 1.07 bits per heavy atom. The summed E-state index contributed by atoms with van der Waals surface area (Å²) in [5, 5.41) is 4.73. The lowest BCUT2D eigenvalue weighted by Crippen LogP contribution is -2.45. The monoisotopic (exact) mass is 422 g/mol. The summed E-state index contributed by atoms with van der Waals surface area (Å²) in [7, 11) is -3.65. The molecule has 1 saturated carbocycles. The largest absolute Gasteiger partial charge is 0.355 e. The van der Waals surface area contributed by atoms with Crippen molar-refractivity contribution in [2.45, 2.75) is 43.2 Å². The number of nitrogens with zero attached hydrogens (tertiary/aromatic N) is 3. The predicted molar refractivity (Wildman–Crippen MR) is 108 cm³/mol. The van der Waals surface area contributed by atoms with Crippen molar-refractivity contribution in [3.63, 3.8) is 0 Å². The van der Waals surface area contributed by atoms with Crippen LogP contribution in [0.5, 0.6) is 0 Å². The fourth-order valence-electron chi connectivity index (χ4n) is 3.45.